The molecule has 0 atom stereocenters. The van der Waals surface area contributed by atoms with Crippen LogP contribution in [0.15, 0.2) is 47.4 Å². The number of anilines is 1. The van der Waals surface area contributed by atoms with Crippen LogP contribution in [0, 0.1) is 10.1 Å². The van der Waals surface area contributed by atoms with Crippen LogP contribution < -0.4 is 5.32 Å². The number of nitro benzene ring substituents is 1. The molecule has 0 saturated heterocycles. The fourth-order valence-corrected chi connectivity index (χ4v) is 4.09. The Kier molecular flexibility index (Phi) is 6.57. The van der Waals surface area contributed by atoms with Crippen LogP contribution in [-0.4, -0.2) is 30.7 Å². The quantitative estimate of drug-likeness (QED) is 0.538. The number of nitrogens with zero attached hydrogens (tertiary/aromatic N) is 2. The molecule has 2 aromatic rings. The lowest BCUT2D eigenvalue weighted by Gasteiger charge is -2.18. The molecule has 0 amide bonds. The summed E-state index contributed by atoms with van der Waals surface area (Å²) in [6.45, 7) is 4.38. The zero-order valence-corrected chi connectivity index (χ0v) is 16.0. The average molecular weight is 398 g/mol. The third-order valence-corrected chi connectivity index (χ3v) is 6.20. The van der Waals surface area contributed by atoms with Gasteiger partial charge < -0.3 is 5.32 Å². The Bertz CT molecular complexity index is 881. The number of rotatable bonds is 8. The summed E-state index contributed by atoms with van der Waals surface area (Å²) in [7, 11) is -3.76. The maximum absolute atomic E-state index is 12.6. The van der Waals surface area contributed by atoms with Crippen LogP contribution in [0.2, 0.25) is 5.02 Å². The number of hydrogen-bond donors (Lipinski definition) is 1. The molecule has 0 saturated carbocycles. The number of sulfonamides is 1. The molecule has 2 aromatic carbocycles. The zero-order valence-electron chi connectivity index (χ0n) is 14.5. The Balaban J connectivity index is 2.31. The van der Waals surface area contributed by atoms with E-state index in [9.17, 15) is 18.5 Å². The Morgan fingerprint density at radius 3 is 2.27 bits per heavy atom. The Hall–Kier alpha value is -2.16. The minimum atomic E-state index is -3.76. The van der Waals surface area contributed by atoms with Gasteiger partial charge in [0.25, 0.3) is 5.69 Å². The fourth-order valence-electron chi connectivity index (χ4n) is 2.48. The van der Waals surface area contributed by atoms with Gasteiger partial charge in [-0.3, -0.25) is 10.1 Å². The van der Waals surface area contributed by atoms with Crippen LogP contribution in [0.25, 0.3) is 0 Å². The van der Waals surface area contributed by atoms with E-state index >= 15 is 0 Å². The van der Waals surface area contributed by atoms with Crippen molar-refractivity contribution in [3.63, 3.8) is 0 Å². The summed E-state index contributed by atoms with van der Waals surface area (Å²) in [5.41, 5.74) is 0.860. The van der Waals surface area contributed by atoms with Crippen molar-refractivity contribution in [1.29, 1.82) is 0 Å². The van der Waals surface area contributed by atoms with Crippen molar-refractivity contribution in [2.24, 2.45) is 0 Å². The fraction of sp³-hybridized carbons (Fsp3) is 0.294. The topological polar surface area (TPSA) is 92.6 Å². The smallest absolute Gasteiger partial charge is 0.293 e. The van der Waals surface area contributed by atoms with E-state index in [1.807, 2.05) is 0 Å². The van der Waals surface area contributed by atoms with Crippen molar-refractivity contribution in [3.8, 4) is 0 Å². The molecular weight excluding hydrogens is 378 g/mol. The maximum atomic E-state index is 12.6. The van der Waals surface area contributed by atoms with E-state index < -0.39 is 14.9 Å². The van der Waals surface area contributed by atoms with E-state index in [2.05, 4.69) is 5.32 Å². The maximum Gasteiger partial charge on any atom is 0.293 e. The first-order chi connectivity index (χ1) is 12.3. The van der Waals surface area contributed by atoms with Gasteiger partial charge in [0.1, 0.15) is 5.69 Å². The highest BCUT2D eigenvalue weighted by Gasteiger charge is 2.25. The first-order valence-electron chi connectivity index (χ1n) is 8.06. The molecule has 9 heteroatoms. The summed E-state index contributed by atoms with van der Waals surface area (Å²) < 4.78 is 26.4. The van der Waals surface area contributed by atoms with Crippen LogP contribution in [-0.2, 0) is 16.6 Å². The van der Waals surface area contributed by atoms with Crippen LogP contribution in [0.5, 0.6) is 0 Å². The van der Waals surface area contributed by atoms with Gasteiger partial charge in [-0.1, -0.05) is 37.6 Å². The molecule has 0 spiro atoms. The molecule has 0 aliphatic rings. The molecule has 2 rings (SSSR count). The monoisotopic (exact) mass is 397 g/mol. The summed E-state index contributed by atoms with van der Waals surface area (Å²) in [4.78, 5) is 10.7. The van der Waals surface area contributed by atoms with Crippen molar-refractivity contribution in [2.75, 3.05) is 18.4 Å². The van der Waals surface area contributed by atoms with E-state index in [-0.39, 0.29) is 16.3 Å². The van der Waals surface area contributed by atoms with Crippen LogP contribution in [0.1, 0.15) is 19.4 Å². The third kappa shape index (κ3) is 4.51. The predicted molar refractivity (Wildman–Crippen MR) is 102 cm³/mol. The summed E-state index contributed by atoms with van der Waals surface area (Å²) in [5.74, 6) is 0. The van der Waals surface area contributed by atoms with Gasteiger partial charge in [0.15, 0.2) is 0 Å². The molecule has 0 aromatic heterocycles. The minimum absolute atomic E-state index is 0.0926. The number of nitro groups is 1. The Morgan fingerprint density at radius 2 is 1.73 bits per heavy atom. The van der Waals surface area contributed by atoms with Gasteiger partial charge in [-0.15, -0.1) is 0 Å². The molecule has 1 N–H and O–H groups in total. The van der Waals surface area contributed by atoms with E-state index in [1.54, 1.807) is 38.1 Å². The van der Waals surface area contributed by atoms with Crippen molar-refractivity contribution in [2.45, 2.75) is 25.3 Å². The van der Waals surface area contributed by atoms with E-state index in [0.29, 0.717) is 24.7 Å². The van der Waals surface area contributed by atoms with Crippen LogP contribution in [0.3, 0.4) is 0 Å². The summed E-state index contributed by atoms with van der Waals surface area (Å²) in [6.07, 6.45) is 0. The minimum Gasteiger partial charge on any atom is -0.375 e. The molecule has 0 fully saturated rings. The van der Waals surface area contributed by atoms with Crippen LogP contribution in [0.4, 0.5) is 11.4 Å². The van der Waals surface area contributed by atoms with E-state index in [1.165, 1.54) is 16.4 Å². The highest BCUT2D eigenvalue weighted by Crippen LogP contribution is 2.29. The molecule has 0 bridgehead atoms. The lowest BCUT2D eigenvalue weighted by Crippen LogP contribution is -2.30. The number of hydrogen-bond acceptors (Lipinski definition) is 5. The molecule has 26 heavy (non-hydrogen) atoms. The standard InChI is InChI=1S/C17H20ClN3O4S/c1-3-20(4-2)26(24,25)15-9-10-16(17(11-15)21(22)23)19-12-13-5-7-14(18)8-6-13/h5-11,19H,3-4,12H2,1-2H3. The second kappa shape index (κ2) is 8.48. The third-order valence-electron chi connectivity index (χ3n) is 3.91. The van der Waals surface area contributed by atoms with Gasteiger partial charge in [0, 0.05) is 30.7 Å². The summed E-state index contributed by atoms with van der Waals surface area (Å²) >= 11 is 5.83. The first-order valence-corrected chi connectivity index (χ1v) is 9.88. The van der Waals surface area contributed by atoms with Crippen molar-refractivity contribution < 1.29 is 13.3 Å². The molecule has 0 heterocycles. The van der Waals surface area contributed by atoms with Crippen LogP contribution >= 0.6 is 11.6 Å². The zero-order chi connectivity index (χ0) is 19.3. The summed E-state index contributed by atoms with van der Waals surface area (Å²) in [5, 5.41) is 15.0. The lowest BCUT2D eigenvalue weighted by atomic mass is 10.2. The van der Waals surface area contributed by atoms with Crippen molar-refractivity contribution in [3.05, 3.63) is 63.2 Å². The predicted octanol–water partition coefficient (Wildman–Crippen LogP) is 3.89. The Labute approximate surface area is 157 Å². The van der Waals surface area contributed by atoms with Crippen molar-refractivity contribution >= 4 is 33.0 Å². The largest absolute Gasteiger partial charge is 0.375 e. The van der Waals surface area contributed by atoms with Gasteiger partial charge in [-0.05, 0) is 29.8 Å². The van der Waals surface area contributed by atoms with Gasteiger partial charge in [0.05, 0.1) is 9.82 Å². The number of nitrogens with one attached hydrogen (secondary N) is 1. The number of benzene rings is 2. The van der Waals surface area contributed by atoms with E-state index in [0.717, 1.165) is 11.6 Å². The molecule has 0 aliphatic carbocycles. The second-order valence-corrected chi connectivity index (χ2v) is 7.88. The normalized spacial score (nSPS) is 11.5. The molecule has 140 valence electrons. The molecule has 7 nitrogen and oxygen atoms in total. The van der Waals surface area contributed by atoms with Gasteiger partial charge in [-0.25, -0.2) is 8.42 Å². The second-order valence-electron chi connectivity index (χ2n) is 5.51. The Morgan fingerprint density at radius 1 is 1.12 bits per heavy atom. The van der Waals surface area contributed by atoms with Crippen molar-refractivity contribution in [1.82, 2.24) is 4.31 Å². The van der Waals surface area contributed by atoms with Gasteiger partial charge >= 0.3 is 0 Å². The highest BCUT2D eigenvalue weighted by atomic mass is 35.5. The molecule has 0 aliphatic heterocycles. The van der Waals surface area contributed by atoms with Gasteiger partial charge in [-0.2, -0.15) is 4.31 Å². The molecule has 0 radical (unpaired) electrons. The number of halogens is 1. The summed E-state index contributed by atoms with van der Waals surface area (Å²) in [6, 6.07) is 11.0. The SMILES string of the molecule is CCN(CC)S(=O)(=O)c1ccc(NCc2ccc(Cl)cc2)c([N+](=O)[O-])c1. The average Bonchev–Trinajstić information content (AvgIpc) is 2.61. The van der Waals surface area contributed by atoms with Gasteiger partial charge in [0.2, 0.25) is 10.0 Å². The molecule has 0 unspecified atom stereocenters. The lowest BCUT2D eigenvalue weighted by molar-refractivity contribution is -0.384. The molecular formula is C17H20ClN3O4S. The highest BCUT2D eigenvalue weighted by molar-refractivity contribution is 7.89. The first kappa shape index (κ1) is 20.2. The van der Waals surface area contributed by atoms with E-state index in [4.69, 9.17) is 11.6 Å².